The molecule has 16 heavy (non-hydrogen) atoms. The van der Waals surface area contributed by atoms with Crippen LogP contribution in [-0.4, -0.2) is 42.8 Å². The van der Waals surface area contributed by atoms with Crippen LogP contribution in [0.3, 0.4) is 0 Å². The SMILES string of the molecule is CSC1CCCC(NS(=O)(=O)CC(=O)O)C1. The maximum absolute atomic E-state index is 11.4. The fraction of sp³-hybridized carbons (Fsp3) is 0.889. The molecule has 0 bridgehead atoms. The summed E-state index contributed by atoms with van der Waals surface area (Å²) < 4.78 is 25.3. The highest BCUT2D eigenvalue weighted by atomic mass is 32.2. The minimum Gasteiger partial charge on any atom is -0.480 e. The predicted octanol–water partition coefficient (Wildman–Crippen LogP) is 0.665. The Morgan fingerprint density at radius 3 is 2.75 bits per heavy atom. The molecule has 0 amide bonds. The molecule has 1 aliphatic rings. The maximum atomic E-state index is 11.4. The van der Waals surface area contributed by atoms with Crippen molar-refractivity contribution in [2.75, 3.05) is 12.0 Å². The zero-order chi connectivity index (χ0) is 12.2. The van der Waals surface area contributed by atoms with Crippen molar-refractivity contribution in [3.63, 3.8) is 0 Å². The normalized spacial score (nSPS) is 26.6. The van der Waals surface area contributed by atoms with E-state index in [0.717, 1.165) is 25.7 Å². The van der Waals surface area contributed by atoms with E-state index < -0.39 is 21.7 Å². The summed E-state index contributed by atoms with van der Waals surface area (Å²) in [4.78, 5) is 10.4. The fourth-order valence-corrected chi connectivity index (χ4v) is 3.88. The molecule has 0 heterocycles. The molecule has 0 saturated heterocycles. The maximum Gasteiger partial charge on any atom is 0.320 e. The van der Waals surface area contributed by atoms with E-state index in [1.165, 1.54) is 0 Å². The summed E-state index contributed by atoms with van der Waals surface area (Å²) in [6, 6.07) is -0.101. The van der Waals surface area contributed by atoms with Gasteiger partial charge in [0.15, 0.2) is 5.75 Å². The molecule has 1 aliphatic carbocycles. The van der Waals surface area contributed by atoms with Gasteiger partial charge in [-0.1, -0.05) is 6.42 Å². The summed E-state index contributed by atoms with van der Waals surface area (Å²) in [6.07, 6.45) is 5.71. The quantitative estimate of drug-likeness (QED) is 0.764. The highest BCUT2D eigenvalue weighted by Crippen LogP contribution is 2.27. The molecule has 94 valence electrons. The Morgan fingerprint density at radius 1 is 1.50 bits per heavy atom. The van der Waals surface area contributed by atoms with Gasteiger partial charge in [0.2, 0.25) is 10.0 Å². The van der Waals surface area contributed by atoms with E-state index in [2.05, 4.69) is 4.72 Å². The Balaban J connectivity index is 2.50. The number of thioether (sulfide) groups is 1. The number of hydrogen-bond donors (Lipinski definition) is 2. The molecule has 0 radical (unpaired) electrons. The van der Waals surface area contributed by atoms with Crippen molar-refractivity contribution in [1.29, 1.82) is 0 Å². The first kappa shape index (κ1) is 13.8. The summed E-state index contributed by atoms with van der Waals surface area (Å²) in [7, 11) is -3.67. The van der Waals surface area contributed by atoms with Crippen molar-refractivity contribution in [1.82, 2.24) is 4.72 Å². The second-order valence-electron chi connectivity index (χ2n) is 3.99. The number of carboxylic acid groups (broad SMARTS) is 1. The third-order valence-corrected chi connectivity index (χ3v) is 5.03. The van der Waals surface area contributed by atoms with Crippen molar-refractivity contribution >= 4 is 27.8 Å². The molecule has 0 aromatic carbocycles. The molecule has 1 saturated carbocycles. The van der Waals surface area contributed by atoms with E-state index in [4.69, 9.17) is 5.11 Å². The molecule has 0 aliphatic heterocycles. The number of nitrogens with one attached hydrogen (secondary N) is 1. The average Bonchev–Trinajstić information content (AvgIpc) is 2.15. The van der Waals surface area contributed by atoms with E-state index in [1.54, 1.807) is 11.8 Å². The van der Waals surface area contributed by atoms with Crippen LogP contribution in [-0.2, 0) is 14.8 Å². The first-order valence-electron chi connectivity index (χ1n) is 5.17. The number of carbonyl (C=O) groups is 1. The van der Waals surface area contributed by atoms with Gasteiger partial charge in [0.05, 0.1) is 0 Å². The number of rotatable bonds is 5. The zero-order valence-corrected chi connectivity index (χ0v) is 10.8. The summed E-state index contributed by atoms with van der Waals surface area (Å²) in [5.74, 6) is -2.15. The van der Waals surface area contributed by atoms with Crippen molar-refractivity contribution in [2.45, 2.75) is 37.0 Å². The molecule has 0 aromatic heterocycles. The van der Waals surface area contributed by atoms with E-state index in [9.17, 15) is 13.2 Å². The second-order valence-corrected chi connectivity index (χ2v) is 6.88. The molecule has 5 nitrogen and oxygen atoms in total. The Hall–Kier alpha value is -0.270. The van der Waals surface area contributed by atoms with Gasteiger partial charge in [0.1, 0.15) is 0 Å². The number of aliphatic carboxylic acids is 1. The highest BCUT2D eigenvalue weighted by Gasteiger charge is 2.26. The van der Waals surface area contributed by atoms with Crippen LogP contribution in [0.2, 0.25) is 0 Å². The Kier molecular flexibility index (Phi) is 5.07. The van der Waals surface area contributed by atoms with Gasteiger partial charge < -0.3 is 5.11 Å². The smallest absolute Gasteiger partial charge is 0.320 e. The van der Waals surface area contributed by atoms with Crippen LogP contribution in [0.15, 0.2) is 0 Å². The number of sulfonamides is 1. The topological polar surface area (TPSA) is 83.5 Å². The van der Waals surface area contributed by atoms with Crippen LogP contribution in [0.4, 0.5) is 0 Å². The molecule has 2 unspecified atom stereocenters. The zero-order valence-electron chi connectivity index (χ0n) is 9.18. The summed E-state index contributed by atoms with van der Waals surface area (Å²) in [5, 5.41) is 8.93. The van der Waals surface area contributed by atoms with Crippen LogP contribution < -0.4 is 4.72 Å². The average molecular weight is 267 g/mol. The molecular formula is C9H17NO4S2. The predicted molar refractivity (Wildman–Crippen MR) is 64.1 cm³/mol. The van der Waals surface area contributed by atoms with Gasteiger partial charge >= 0.3 is 5.97 Å². The van der Waals surface area contributed by atoms with Crippen LogP contribution in [0, 0.1) is 0 Å². The molecule has 0 spiro atoms. The van der Waals surface area contributed by atoms with Gasteiger partial charge in [-0.25, -0.2) is 13.1 Å². The minimum atomic E-state index is -3.67. The monoisotopic (exact) mass is 267 g/mol. The van der Waals surface area contributed by atoms with Gasteiger partial charge in [0, 0.05) is 11.3 Å². The van der Waals surface area contributed by atoms with Crippen LogP contribution >= 0.6 is 11.8 Å². The van der Waals surface area contributed by atoms with Crippen LogP contribution in [0.5, 0.6) is 0 Å². The van der Waals surface area contributed by atoms with Gasteiger partial charge in [0.25, 0.3) is 0 Å². The highest BCUT2D eigenvalue weighted by molar-refractivity contribution is 7.99. The molecule has 7 heteroatoms. The van der Waals surface area contributed by atoms with E-state index in [0.29, 0.717) is 5.25 Å². The first-order valence-corrected chi connectivity index (χ1v) is 8.11. The summed E-state index contributed by atoms with van der Waals surface area (Å²) in [6.45, 7) is 0. The van der Waals surface area contributed by atoms with Crippen LogP contribution in [0.1, 0.15) is 25.7 Å². The van der Waals surface area contributed by atoms with E-state index >= 15 is 0 Å². The molecule has 0 aromatic rings. The first-order chi connectivity index (χ1) is 7.43. The lowest BCUT2D eigenvalue weighted by atomic mass is 9.96. The van der Waals surface area contributed by atoms with Gasteiger partial charge in [-0.15, -0.1) is 0 Å². The molecule has 1 fully saturated rings. The third-order valence-electron chi connectivity index (χ3n) is 2.62. The van der Waals surface area contributed by atoms with Gasteiger partial charge in [-0.3, -0.25) is 4.79 Å². The molecule has 2 atom stereocenters. The molecule has 2 N–H and O–H groups in total. The Bertz CT molecular complexity index is 341. The van der Waals surface area contributed by atoms with Gasteiger partial charge in [-0.2, -0.15) is 11.8 Å². The minimum absolute atomic E-state index is 0.101. The lowest BCUT2D eigenvalue weighted by molar-refractivity contribution is -0.134. The van der Waals surface area contributed by atoms with E-state index in [-0.39, 0.29) is 6.04 Å². The fourth-order valence-electron chi connectivity index (χ4n) is 1.92. The Labute approximate surface area is 100 Å². The lowest BCUT2D eigenvalue weighted by Crippen LogP contribution is -2.41. The number of hydrogen-bond acceptors (Lipinski definition) is 4. The molecular weight excluding hydrogens is 250 g/mol. The summed E-state index contributed by atoms with van der Waals surface area (Å²) >= 11 is 1.74. The van der Waals surface area contributed by atoms with Crippen molar-refractivity contribution in [2.24, 2.45) is 0 Å². The van der Waals surface area contributed by atoms with Crippen LogP contribution in [0.25, 0.3) is 0 Å². The lowest BCUT2D eigenvalue weighted by Gasteiger charge is -2.28. The number of carboxylic acids is 1. The van der Waals surface area contributed by atoms with Crippen molar-refractivity contribution in [3.8, 4) is 0 Å². The standard InChI is InChI=1S/C9H17NO4S2/c1-15-8-4-2-3-7(5-8)10-16(13,14)6-9(11)12/h7-8,10H,2-6H2,1H3,(H,11,12). The Morgan fingerprint density at radius 2 is 2.19 bits per heavy atom. The largest absolute Gasteiger partial charge is 0.480 e. The van der Waals surface area contributed by atoms with Crippen molar-refractivity contribution < 1.29 is 18.3 Å². The van der Waals surface area contributed by atoms with Crippen molar-refractivity contribution in [3.05, 3.63) is 0 Å². The van der Waals surface area contributed by atoms with Gasteiger partial charge in [-0.05, 0) is 25.5 Å². The second kappa shape index (κ2) is 5.88. The third kappa shape index (κ3) is 4.71. The van der Waals surface area contributed by atoms with E-state index in [1.807, 2.05) is 6.26 Å². The summed E-state index contributed by atoms with van der Waals surface area (Å²) in [5.41, 5.74) is 0. The molecule has 1 rings (SSSR count).